The standard InChI is InChI=1S/C22H18N4/c1-2-26-20(14-13-17-9-5-3-6-10-17)22(18-11-7-4-8-12-18)25-19(15-23)21(26)16-24/h3-14,20H,2H2,1H3/b14-13+/t20-/m1/s1. The number of likely N-dealkylation sites (N-methyl/N-ethyl adjacent to an activating group) is 1. The van der Waals surface area contributed by atoms with Crippen molar-refractivity contribution < 1.29 is 0 Å². The van der Waals surface area contributed by atoms with Gasteiger partial charge >= 0.3 is 0 Å². The van der Waals surface area contributed by atoms with Crippen LogP contribution in [0.25, 0.3) is 6.08 Å². The summed E-state index contributed by atoms with van der Waals surface area (Å²) in [5.41, 5.74) is 3.27. The highest BCUT2D eigenvalue weighted by Crippen LogP contribution is 2.26. The molecule has 2 aromatic carbocycles. The Balaban J connectivity index is 2.11. The Labute approximate surface area is 153 Å². The zero-order valence-electron chi connectivity index (χ0n) is 14.5. The normalized spacial score (nSPS) is 17.0. The molecule has 0 aromatic heterocycles. The molecule has 4 heteroatoms. The molecule has 0 amide bonds. The van der Waals surface area contributed by atoms with Crippen molar-refractivity contribution in [2.75, 3.05) is 6.54 Å². The molecule has 0 radical (unpaired) electrons. The topological polar surface area (TPSA) is 63.2 Å². The maximum Gasteiger partial charge on any atom is 0.175 e. The first-order chi connectivity index (χ1) is 12.8. The van der Waals surface area contributed by atoms with Crippen LogP contribution in [0.4, 0.5) is 0 Å². The molecule has 1 heterocycles. The van der Waals surface area contributed by atoms with Gasteiger partial charge in [0.1, 0.15) is 12.1 Å². The number of benzene rings is 2. The van der Waals surface area contributed by atoms with Gasteiger partial charge in [0, 0.05) is 6.54 Å². The summed E-state index contributed by atoms with van der Waals surface area (Å²) in [5, 5.41) is 19.0. The Morgan fingerprint density at radius 2 is 1.65 bits per heavy atom. The van der Waals surface area contributed by atoms with Gasteiger partial charge in [-0.25, -0.2) is 4.99 Å². The summed E-state index contributed by atoms with van der Waals surface area (Å²) in [6.07, 6.45) is 4.06. The zero-order chi connectivity index (χ0) is 18.4. The third kappa shape index (κ3) is 3.41. The Morgan fingerprint density at radius 3 is 2.23 bits per heavy atom. The number of aliphatic imine (C=N–C) groups is 1. The first-order valence-electron chi connectivity index (χ1n) is 8.46. The predicted molar refractivity (Wildman–Crippen MR) is 103 cm³/mol. The molecule has 0 spiro atoms. The van der Waals surface area contributed by atoms with E-state index in [-0.39, 0.29) is 11.7 Å². The molecule has 0 bridgehead atoms. The van der Waals surface area contributed by atoms with Crippen molar-refractivity contribution in [3.8, 4) is 12.1 Å². The van der Waals surface area contributed by atoms with Crippen LogP contribution in [-0.2, 0) is 0 Å². The van der Waals surface area contributed by atoms with Crippen molar-refractivity contribution in [1.29, 1.82) is 10.5 Å². The Kier molecular flexibility index (Phi) is 5.27. The minimum absolute atomic E-state index is 0.164. The van der Waals surface area contributed by atoms with Gasteiger partial charge < -0.3 is 4.90 Å². The quantitative estimate of drug-likeness (QED) is 0.841. The first kappa shape index (κ1) is 17.2. The molecule has 0 aliphatic carbocycles. The fourth-order valence-electron chi connectivity index (χ4n) is 3.02. The SMILES string of the molecule is CCN1C(C#N)=C(C#N)N=C(c2ccccc2)[C@H]1/C=C/c1ccccc1. The fraction of sp³-hybridized carbons (Fsp3) is 0.136. The average molecular weight is 338 g/mol. The summed E-state index contributed by atoms with van der Waals surface area (Å²) < 4.78 is 0. The number of hydrogen-bond donors (Lipinski definition) is 0. The van der Waals surface area contributed by atoms with E-state index in [1.807, 2.05) is 84.6 Å². The summed E-state index contributed by atoms with van der Waals surface area (Å²) in [4.78, 5) is 6.46. The van der Waals surface area contributed by atoms with Crippen LogP contribution in [0.5, 0.6) is 0 Å². The van der Waals surface area contributed by atoms with Gasteiger partial charge in [-0.15, -0.1) is 0 Å². The van der Waals surface area contributed by atoms with Crippen LogP contribution in [0.15, 0.2) is 83.1 Å². The maximum atomic E-state index is 9.56. The molecule has 1 aliphatic heterocycles. The highest BCUT2D eigenvalue weighted by Gasteiger charge is 2.30. The second-order valence-corrected chi connectivity index (χ2v) is 5.78. The highest BCUT2D eigenvalue weighted by molar-refractivity contribution is 6.07. The monoisotopic (exact) mass is 338 g/mol. The molecular weight excluding hydrogens is 320 g/mol. The van der Waals surface area contributed by atoms with Gasteiger partial charge in [-0.3, -0.25) is 0 Å². The van der Waals surface area contributed by atoms with Crippen LogP contribution in [-0.4, -0.2) is 23.2 Å². The van der Waals surface area contributed by atoms with E-state index in [4.69, 9.17) is 0 Å². The van der Waals surface area contributed by atoms with Gasteiger partial charge in [-0.1, -0.05) is 72.8 Å². The lowest BCUT2D eigenvalue weighted by Gasteiger charge is -2.34. The maximum absolute atomic E-state index is 9.56. The lowest BCUT2D eigenvalue weighted by molar-refractivity contribution is 0.366. The van der Waals surface area contributed by atoms with Crippen LogP contribution in [0.1, 0.15) is 18.1 Å². The molecule has 0 fully saturated rings. The van der Waals surface area contributed by atoms with E-state index in [2.05, 4.69) is 17.1 Å². The van der Waals surface area contributed by atoms with Gasteiger partial charge in [-0.2, -0.15) is 10.5 Å². The summed E-state index contributed by atoms with van der Waals surface area (Å²) in [6.45, 7) is 2.58. The Bertz CT molecular complexity index is 941. The molecule has 26 heavy (non-hydrogen) atoms. The fourth-order valence-corrected chi connectivity index (χ4v) is 3.02. The van der Waals surface area contributed by atoms with E-state index in [9.17, 15) is 10.5 Å². The summed E-state index contributed by atoms with van der Waals surface area (Å²) in [7, 11) is 0. The second kappa shape index (κ2) is 7.96. The molecule has 1 aliphatic rings. The minimum Gasteiger partial charge on any atom is -0.349 e. The summed E-state index contributed by atoms with van der Waals surface area (Å²) in [6, 6.07) is 23.8. The predicted octanol–water partition coefficient (Wildman–Crippen LogP) is 4.15. The van der Waals surface area contributed by atoms with Crippen LogP contribution >= 0.6 is 0 Å². The number of rotatable bonds is 4. The Morgan fingerprint density at radius 1 is 1.00 bits per heavy atom. The van der Waals surface area contributed by atoms with Gasteiger partial charge in [0.25, 0.3) is 0 Å². The molecule has 0 saturated carbocycles. The van der Waals surface area contributed by atoms with Crippen molar-refractivity contribution in [2.24, 2.45) is 4.99 Å². The van der Waals surface area contributed by atoms with Crippen molar-refractivity contribution in [3.05, 3.63) is 89.3 Å². The van der Waals surface area contributed by atoms with E-state index in [1.54, 1.807) is 0 Å². The molecule has 0 N–H and O–H groups in total. The van der Waals surface area contributed by atoms with Gasteiger partial charge in [0.05, 0.1) is 11.8 Å². The van der Waals surface area contributed by atoms with Crippen molar-refractivity contribution >= 4 is 11.8 Å². The molecule has 3 rings (SSSR count). The minimum atomic E-state index is -0.214. The number of nitriles is 2. The lowest BCUT2D eigenvalue weighted by Crippen LogP contribution is -2.42. The largest absolute Gasteiger partial charge is 0.349 e. The van der Waals surface area contributed by atoms with Crippen molar-refractivity contribution in [1.82, 2.24) is 4.90 Å². The summed E-state index contributed by atoms with van der Waals surface area (Å²) >= 11 is 0. The molecule has 1 atom stereocenters. The first-order valence-corrected chi connectivity index (χ1v) is 8.46. The molecule has 0 saturated heterocycles. The van der Waals surface area contributed by atoms with Gasteiger partial charge in [0.2, 0.25) is 0 Å². The number of nitrogens with zero attached hydrogens (tertiary/aromatic N) is 4. The van der Waals surface area contributed by atoms with E-state index >= 15 is 0 Å². The van der Waals surface area contributed by atoms with Crippen molar-refractivity contribution in [2.45, 2.75) is 13.0 Å². The Hall–Kier alpha value is -3.63. The second-order valence-electron chi connectivity index (χ2n) is 5.78. The van der Waals surface area contributed by atoms with Crippen LogP contribution < -0.4 is 0 Å². The van der Waals surface area contributed by atoms with E-state index < -0.39 is 0 Å². The zero-order valence-corrected chi connectivity index (χ0v) is 14.5. The molecule has 126 valence electrons. The number of allylic oxidation sites excluding steroid dienone is 2. The molecular formula is C22H18N4. The molecule has 0 unspecified atom stereocenters. The average Bonchev–Trinajstić information content (AvgIpc) is 2.72. The van der Waals surface area contributed by atoms with E-state index in [0.717, 1.165) is 16.8 Å². The lowest BCUT2D eigenvalue weighted by atomic mass is 9.97. The van der Waals surface area contributed by atoms with Gasteiger partial charge in [-0.05, 0) is 18.1 Å². The number of hydrogen-bond acceptors (Lipinski definition) is 4. The van der Waals surface area contributed by atoms with E-state index in [0.29, 0.717) is 12.2 Å². The molecule has 4 nitrogen and oxygen atoms in total. The smallest absolute Gasteiger partial charge is 0.175 e. The highest BCUT2D eigenvalue weighted by atomic mass is 15.2. The van der Waals surface area contributed by atoms with Crippen molar-refractivity contribution in [3.63, 3.8) is 0 Å². The van der Waals surface area contributed by atoms with Gasteiger partial charge in [0.15, 0.2) is 11.4 Å². The third-order valence-corrected chi connectivity index (χ3v) is 4.25. The molecule has 2 aromatic rings. The third-order valence-electron chi connectivity index (χ3n) is 4.25. The van der Waals surface area contributed by atoms with Crippen LogP contribution in [0, 0.1) is 22.7 Å². The van der Waals surface area contributed by atoms with Crippen LogP contribution in [0.3, 0.4) is 0 Å². The summed E-state index contributed by atoms with van der Waals surface area (Å²) in [5.74, 6) is 0. The van der Waals surface area contributed by atoms with E-state index in [1.165, 1.54) is 0 Å². The van der Waals surface area contributed by atoms with Crippen LogP contribution in [0.2, 0.25) is 0 Å².